The van der Waals surface area contributed by atoms with Crippen LogP contribution in [-0.2, 0) is 11.2 Å². The van der Waals surface area contributed by atoms with Crippen LogP contribution in [0.1, 0.15) is 18.9 Å². The molecule has 0 unspecified atom stereocenters. The van der Waals surface area contributed by atoms with Crippen LogP contribution in [0.4, 0.5) is 0 Å². The largest absolute Gasteiger partial charge is 0.456 e. The molecule has 0 aliphatic heterocycles. The van der Waals surface area contributed by atoms with Gasteiger partial charge in [-0.1, -0.05) is 30.3 Å². The van der Waals surface area contributed by atoms with Gasteiger partial charge >= 0.3 is 7.12 Å². The summed E-state index contributed by atoms with van der Waals surface area (Å²) in [7, 11) is -1.45. The second-order valence-corrected chi connectivity index (χ2v) is 4.73. The highest BCUT2D eigenvalue weighted by Gasteiger charge is 2.24. The number of carbonyl (C=O) groups excluding carboxylic acids is 1. The molecule has 0 radical (unpaired) electrons. The minimum Gasteiger partial charge on any atom is -0.427 e. The lowest BCUT2D eigenvalue weighted by Crippen LogP contribution is -2.41. The average molecular weight is 264 g/mol. The SMILES string of the molecule is C[C@H](N)C(=O)NC[C@H](CCc1ccccc1)B(O)O. The normalized spacial score (nSPS) is 13.7. The maximum Gasteiger partial charge on any atom is 0.456 e. The highest BCUT2D eigenvalue weighted by molar-refractivity contribution is 6.43. The van der Waals surface area contributed by atoms with Gasteiger partial charge in [-0.2, -0.15) is 0 Å². The number of benzene rings is 1. The van der Waals surface area contributed by atoms with E-state index in [4.69, 9.17) is 5.73 Å². The van der Waals surface area contributed by atoms with E-state index >= 15 is 0 Å². The Bertz CT molecular complexity index is 385. The first kappa shape index (κ1) is 15.7. The Morgan fingerprint density at radius 1 is 1.37 bits per heavy atom. The molecule has 0 fully saturated rings. The van der Waals surface area contributed by atoms with Crippen LogP contribution in [0.2, 0.25) is 5.82 Å². The molecule has 19 heavy (non-hydrogen) atoms. The third kappa shape index (κ3) is 5.87. The molecule has 0 saturated heterocycles. The zero-order chi connectivity index (χ0) is 14.3. The summed E-state index contributed by atoms with van der Waals surface area (Å²) in [5.74, 6) is -0.687. The highest BCUT2D eigenvalue weighted by atomic mass is 16.4. The van der Waals surface area contributed by atoms with Crippen molar-refractivity contribution in [3.63, 3.8) is 0 Å². The molecular weight excluding hydrogens is 243 g/mol. The predicted octanol–water partition coefficient (Wildman–Crippen LogP) is -0.0744. The standard InChI is InChI=1S/C13H21BN2O3/c1-10(15)13(17)16-9-12(14(18)19)8-7-11-5-3-2-4-6-11/h2-6,10,12,18-19H,7-9,15H2,1H3,(H,16,17)/t10-,12-/m0/s1. The molecule has 104 valence electrons. The molecule has 1 aromatic carbocycles. The van der Waals surface area contributed by atoms with Gasteiger partial charge in [0, 0.05) is 12.4 Å². The van der Waals surface area contributed by atoms with Crippen LogP contribution >= 0.6 is 0 Å². The summed E-state index contributed by atoms with van der Waals surface area (Å²) in [6, 6.07) is 9.20. The van der Waals surface area contributed by atoms with E-state index in [0.29, 0.717) is 6.42 Å². The second-order valence-electron chi connectivity index (χ2n) is 4.73. The summed E-state index contributed by atoms with van der Waals surface area (Å²) in [5, 5.41) is 21.2. The molecule has 0 aromatic heterocycles. The van der Waals surface area contributed by atoms with Crippen molar-refractivity contribution in [2.75, 3.05) is 6.54 Å². The van der Waals surface area contributed by atoms with Crippen molar-refractivity contribution >= 4 is 13.0 Å². The Balaban J connectivity index is 2.43. The van der Waals surface area contributed by atoms with Crippen molar-refractivity contribution in [1.29, 1.82) is 0 Å². The molecular formula is C13H21BN2O3. The molecule has 0 bridgehead atoms. The monoisotopic (exact) mass is 264 g/mol. The van der Waals surface area contributed by atoms with Crippen molar-refractivity contribution in [2.45, 2.75) is 31.6 Å². The third-order valence-corrected chi connectivity index (χ3v) is 3.02. The number of hydrogen-bond donors (Lipinski definition) is 4. The Morgan fingerprint density at radius 2 is 2.00 bits per heavy atom. The Morgan fingerprint density at radius 3 is 2.53 bits per heavy atom. The van der Waals surface area contributed by atoms with Gasteiger partial charge in [-0.25, -0.2) is 0 Å². The zero-order valence-corrected chi connectivity index (χ0v) is 11.1. The number of amides is 1. The lowest BCUT2D eigenvalue weighted by Gasteiger charge is -2.17. The molecule has 6 heteroatoms. The van der Waals surface area contributed by atoms with Crippen molar-refractivity contribution in [3.8, 4) is 0 Å². The molecule has 0 aliphatic carbocycles. The van der Waals surface area contributed by atoms with Crippen LogP contribution < -0.4 is 11.1 Å². The molecule has 5 N–H and O–H groups in total. The van der Waals surface area contributed by atoms with E-state index < -0.39 is 19.0 Å². The van der Waals surface area contributed by atoms with E-state index in [1.54, 1.807) is 6.92 Å². The predicted molar refractivity (Wildman–Crippen MR) is 75.4 cm³/mol. The van der Waals surface area contributed by atoms with Crippen molar-refractivity contribution in [2.24, 2.45) is 5.73 Å². The maximum atomic E-state index is 11.3. The van der Waals surface area contributed by atoms with E-state index in [1.165, 1.54) is 0 Å². The van der Waals surface area contributed by atoms with Crippen molar-refractivity contribution in [3.05, 3.63) is 35.9 Å². The molecule has 1 aromatic rings. The summed E-state index contributed by atoms with van der Waals surface area (Å²) >= 11 is 0. The zero-order valence-electron chi connectivity index (χ0n) is 11.1. The quantitative estimate of drug-likeness (QED) is 0.518. The Labute approximate surface area is 114 Å². The van der Waals surface area contributed by atoms with Gasteiger partial charge in [0.15, 0.2) is 0 Å². The van der Waals surface area contributed by atoms with Gasteiger partial charge in [-0.15, -0.1) is 0 Å². The average Bonchev–Trinajstić information content (AvgIpc) is 2.39. The summed E-state index contributed by atoms with van der Waals surface area (Å²) in [6.07, 6.45) is 1.32. The van der Waals surface area contributed by atoms with E-state index in [2.05, 4.69) is 5.32 Å². The van der Waals surface area contributed by atoms with Crippen LogP contribution in [0, 0.1) is 0 Å². The molecule has 0 spiro atoms. The van der Waals surface area contributed by atoms with Gasteiger partial charge < -0.3 is 21.1 Å². The van der Waals surface area contributed by atoms with Crippen LogP contribution in [0.15, 0.2) is 30.3 Å². The van der Waals surface area contributed by atoms with E-state index in [0.717, 1.165) is 12.0 Å². The minimum atomic E-state index is -1.45. The topological polar surface area (TPSA) is 95.6 Å². The van der Waals surface area contributed by atoms with Crippen LogP contribution in [-0.4, -0.2) is 35.7 Å². The van der Waals surface area contributed by atoms with Crippen LogP contribution in [0.3, 0.4) is 0 Å². The van der Waals surface area contributed by atoms with Gasteiger partial charge in [-0.3, -0.25) is 4.79 Å². The summed E-state index contributed by atoms with van der Waals surface area (Å²) < 4.78 is 0. The first-order valence-corrected chi connectivity index (χ1v) is 6.44. The molecule has 2 atom stereocenters. The molecule has 0 aliphatic rings. The fourth-order valence-electron chi connectivity index (χ4n) is 1.75. The van der Waals surface area contributed by atoms with Crippen molar-refractivity contribution in [1.82, 2.24) is 5.32 Å². The Kier molecular flexibility index (Phi) is 6.55. The van der Waals surface area contributed by atoms with Crippen LogP contribution in [0.25, 0.3) is 0 Å². The summed E-state index contributed by atoms with van der Waals surface area (Å²) in [4.78, 5) is 11.3. The van der Waals surface area contributed by atoms with Gasteiger partial charge in [0.05, 0.1) is 6.04 Å². The number of nitrogens with two attached hydrogens (primary N) is 1. The van der Waals surface area contributed by atoms with Gasteiger partial charge in [0.1, 0.15) is 0 Å². The molecule has 5 nitrogen and oxygen atoms in total. The van der Waals surface area contributed by atoms with Gasteiger partial charge in [0.25, 0.3) is 0 Å². The lowest BCUT2D eigenvalue weighted by molar-refractivity contribution is -0.121. The van der Waals surface area contributed by atoms with E-state index in [9.17, 15) is 14.8 Å². The number of carbonyl (C=O) groups is 1. The summed E-state index contributed by atoms with van der Waals surface area (Å²) in [6.45, 7) is 1.80. The Hall–Kier alpha value is -1.37. The van der Waals surface area contributed by atoms with E-state index in [-0.39, 0.29) is 12.5 Å². The second kappa shape index (κ2) is 7.94. The molecule has 0 heterocycles. The third-order valence-electron chi connectivity index (χ3n) is 3.02. The molecule has 0 saturated carbocycles. The van der Waals surface area contributed by atoms with Crippen LogP contribution in [0.5, 0.6) is 0 Å². The number of hydrogen-bond acceptors (Lipinski definition) is 4. The summed E-state index contributed by atoms with van der Waals surface area (Å²) in [5.41, 5.74) is 6.56. The number of rotatable bonds is 7. The number of aryl methyl sites for hydroxylation is 1. The lowest BCUT2D eigenvalue weighted by atomic mass is 9.70. The van der Waals surface area contributed by atoms with Gasteiger partial charge in [0.2, 0.25) is 5.91 Å². The fourth-order valence-corrected chi connectivity index (χ4v) is 1.75. The van der Waals surface area contributed by atoms with E-state index in [1.807, 2.05) is 30.3 Å². The molecule has 1 amide bonds. The number of nitrogens with one attached hydrogen (secondary N) is 1. The highest BCUT2D eigenvalue weighted by Crippen LogP contribution is 2.15. The van der Waals surface area contributed by atoms with Crippen molar-refractivity contribution < 1.29 is 14.8 Å². The first-order chi connectivity index (χ1) is 9.00. The van der Waals surface area contributed by atoms with Gasteiger partial charge in [-0.05, 0) is 25.3 Å². The smallest absolute Gasteiger partial charge is 0.427 e. The fraction of sp³-hybridized carbons (Fsp3) is 0.462. The first-order valence-electron chi connectivity index (χ1n) is 6.44. The molecule has 1 rings (SSSR count). The maximum absolute atomic E-state index is 11.3. The minimum absolute atomic E-state index is 0.213.